The van der Waals surface area contributed by atoms with Gasteiger partial charge in [-0.15, -0.1) is 0 Å². The Morgan fingerprint density at radius 1 is 1.22 bits per heavy atom. The summed E-state index contributed by atoms with van der Waals surface area (Å²) >= 11 is 0. The van der Waals surface area contributed by atoms with Crippen LogP contribution in [0.2, 0.25) is 0 Å². The first-order valence-corrected chi connectivity index (χ1v) is 8.45. The molecule has 0 bridgehead atoms. The molecule has 126 valence electrons. The van der Waals surface area contributed by atoms with E-state index in [0.717, 1.165) is 0 Å². The van der Waals surface area contributed by atoms with E-state index in [1.165, 1.54) is 7.11 Å². The average molecular weight is 340 g/mol. The number of benzene rings is 1. The monoisotopic (exact) mass is 340 g/mol. The van der Waals surface area contributed by atoms with Crippen LogP contribution in [-0.2, 0) is 10.0 Å². The lowest BCUT2D eigenvalue weighted by molar-refractivity contribution is 0.390. The molecule has 0 fully saturated rings. The second-order valence-corrected chi connectivity index (χ2v) is 6.75. The maximum absolute atomic E-state index is 12.6. The van der Waals surface area contributed by atoms with Crippen molar-refractivity contribution in [1.82, 2.24) is 9.88 Å². The van der Waals surface area contributed by atoms with Gasteiger partial charge in [-0.25, -0.2) is 13.1 Å². The zero-order chi connectivity index (χ0) is 17.2. The smallest absolute Gasteiger partial charge is 0.246 e. The van der Waals surface area contributed by atoms with Crippen molar-refractivity contribution in [2.24, 2.45) is 0 Å². The van der Waals surface area contributed by atoms with Crippen molar-refractivity contribution < 1.29 is 22.4 Å². The van der Waals surface area contributed by atoms with Crippen LogP contribution in [0.5, 0.6) is 11.5 Å². The molecule has 7 nitrogen and oxygen atoms in total. The molecule has 8 heteroatoms. The quantitative estimate of drug-likeness (QED) is 0.868. The van der Waals surface area contributed by atoms with Crippen LogP contribution in [0.25, 0.3) is 0 Å². The number of aryl methyl sites for hydroxylation is 2. The lowest BCUT2D eigenvalue weighted by Crippen LogP contribution is -2.28. The van der Waals surface area contributed by atoms with E-state index < -0.39 is 16.1 Å². The van der Waals surface area contributed by atoms with Crippen molar-refractivity contribution in [3.8, 4) is 11.5 Å². The molecule has 1 N–H and O–H groups in total. The molecule has 0 radical (unpaired) electrons. The minimum Gasteiger partial charge on any atom is -0.497 e. The summed E-state index contributed by atoms with van der Waals surface area (Å²) in [6.07, 6.45) is 0. The van der Waals surface area contributed by atoms with Gasteiger partial charge in [0.15, 0.2) is 5.76 Å². The van der Waals surface area contributed by atoms with E-state index >= 15 is 0 Å². The van der Waals surface area contributed by atoms with E-state index in [9.17, 15) is 8.42 Å². The first kappa shape index (κ1) is 17.3. The van der Waals surface area contributed by atoms with E-state index in [4.69, 9.17) is 14.0 Å². The first-order valence-electron chi connectivity index (χ1n) is 6.97. The molecule has 23 heavy (non-hydrogen) atoms. The van der Waals surface area contributed by atoms with E-state index in [-0.39, 0.29) is 10.7 Å². The van der Waals surface area contributed by atoms with E-state index in [2.05, 4.69) is 9.88 Å². The van der Waals surface area contributed by atoms with Gasteiger partial charge in [0, 0.05) is 11.6 Å². The molecule has 1 aromatic carbocycles. The molecular formula is C15H20N2O5S. The zero-order valence-electron chi connectivity index (χ0n) is 13.7. The van der Waals surface area contributed by atoms with Gasteiger partial charge in [-0.1, -0.05) is 5.16 Å². The molecular weight excluding hydrogens is 320 g/mol. The minimum absolute atomic E-state index is 0.0613. The highest BCUT2D eigenvalue weighted by atomic mass is 32.2. The fourth-order valence-corrected chi connectivity index (χ4v) is 3.94. The predicted octanol–water partition coefficient (Wildman–Crippen LogP) is 2.35. The summed E-state index contributed by atoms with van der Waals surface area (Å²) in [5.74, 6) is 1.43. The van der Waals surface area contributed by atoms with Gasteiger partial charge in [-0.3, -0.25) is 0 Å². The van der Waals surface area contributed by atoms with Crippen molar-refractivity contribution in [3.05, 3.63) is 35.2 Å². The summed E-state index contributed by atoms with van der Waals surface area (Å²) in [4.78, 5) is 0.0613. The lowest BCUT2D eigenvalue weighted by Gasteiger charge is -2.18. The molecule has 1 aromatic heterocycles. The largest absolute Gasteiger partial charge is 0.497 e. The van der Waals surface area contributed by atoms with Crippen LogP contribution in [0.1, 0.15) is 30.0 Å². The van der Waals surface area contributed by atoms with Crippen LogP contribution in [0.15, 0.2) is 27.6 Å². The summed E-state index contributed by atoms with van der Waals surface area (Å²) in [7, 11) is -0.698. The van der Waals surface area contributed by atoms with Gasteiger partial charge >= 0.3 is 0 Å². The molecule has 1 atom stereocenters. The van der Waals surface area contributed by atoms with Crippen LogP contribution in [-0.4, -0.2) is 27.8 Å². The molecule has 0 amide bonds. The van der Waals surface area contributed by atoms with Gasteiger partial charge in [0.1, 0.15) is 22.1 Å². The number of methoxy groups -OCH3 is 2. The SMILES string of the molecule is COc1ccc(OC)c(C(C)NS(=O)(=O)c2c(C)noc2C)c1. The fourth-order valence-electron chi connectivity index (χ4n) is 2.39. The Hall–Kier alpha value is -2.06. The second kappa shape index (κ2) is 6.59. The van der Waals surface area contributed by atoms with E-state index in [1.54, 1.807) is 46.1 Å². The summed E-state index contributed by atoms with van der Waals surface area (Å²) in [6.45, 7) is 4.88. The number of sulfonamides is 1. The van der Waals surface area contributed by atoms with Crippen molar-refractivity contribution in [2.45, 2.75) is 31.7 Å². The van der Waals surface area contributed by atoms with Gasteiger partial charge in [0.25, 0.3) is 0 Å². The van der Waals surface area contributed by atoms with Crippen LogP contribution in [0, 0.1) is 13.8 Å². The molecule has 0 aliphatic rings. The van der Waals surface area contributed by atoms with Gasteiger partial charge in [-0.05, 0) is 39.0 Å². The molecule has 0 saturated carbocycles. The topological polar surface area (TPSA) is 90.7 Å². The van der Waals surface area contributed by atoms with Crippen LogP contribution in [0.4, 0.5) is 0 Å². The molecule has 1 heterocycles. The molecule has 0 saturated heterocycles. The Morgan fingerprint density at radius 3 is 2.43 bits per heavy atom. The third-order valence-corrected chi connectivity index (χ3v) is 5.26. The number of hydrogen-bond acceptors (Lipinski definition) is 6. The van der Waals surface area contributed by atoms with Crippen LogP contribution >= 0.6 is 0 Å². The highest BCUT2D eigenvalue weighted by Crippen LogP contribution is 2.30. The lowest BCUT2D eigenvalue weighted by atomic mass is 10.1. The van der Waals surface area contributed by atoms with Crippen LogP contribution < -0.4 is 14.2 Å². The molecule has 0 aliphatic carbocycles. The molecule has 2 rings (SSSR count). The number of aromatic nitrogens is 1. The predicted molar refractivity (Wildman–Crippen MR) is 84.3 cm³/mol. The molecule has 1 unspecified atom stereocenters. The first-order chi connectivity index (χ1) is 10.8. The fraction of sp³-hybridized carbons (Fsp3) is 0.400. The highest BCUT2D eigenvalue weighted by Gasteiger charge is 2.27. The summed E-state index contributed by atoms with van der Waals surface area (Å²) in [5, 5.41) is 3.68. The zero-order valence-corrected chi connectivity index (χ0v) is 14.5. The van der Waals surface area contributed by atoms with Crippen molar-refractivity contribution in [2.75, 3.05) is 14.2 Å². The van der Waals surface area contributed by atoms with Gasteiger partial charge < -0.3 is 14.0 Å². The van der Waals surface area contributed by atoms with Gasteiger partial charge in [0.2, 0.25) is 10.0 Å². The maximum Gasteiger partial charge on any atom is 0.246 e. The Kier molecular flexibility index (Phi) is 4.96. The Labute approximate surface area is 135 Å². The number of hydrogen-bond donors (Lipinski definition) is 1. The Morgan fingerprint density at radius 2 is 1.91 bits per heavy atom. The van der Waals surface area contributed by atoms with Crippen LogP contribution in [0.3, 0.4) is 0 Å². The number of nitrogens with zero attached hydrogens (tertiary/aromatic N) is 1. The third kappa shape index (κ3) is 3.48. The van der Waals surface area contributed by atoms with Crippen molar-refractivity contribution in [3.63, 3.8) is 0 Å². The minimum atomic E-state index is -3.77. The highest BCUT2D eigenvalue weighted by molar-refractivity contribution is 7.89. The Bertz CT molecular complexity index is 779. The van der Waals surface area contributed by atoms with E-state index in [1.807, 2.05) is 0 Å². The number of rotatable bonds is 6. The summed E-state index contributed by atoms with van der Waals surface area (Å²) in [5.41, 5.74) is 0.988. The normalized spacial score (nSPS) is 12.9. The third-order valence-electron chi connectivity index (χ3n) is 3.47. The molecule has 2 aromatic rings. The second-order valence-electron chi connectivity index (χ2n) is 5.10. The molecule has 0 spiro atoms. The van der Waals surface area contributed by atoms with E-state index in [0.29, 0.717) is 22.8 Å². The van der Waals surface area contributed by atoms with Crippen molar-refractivity contribution in [1.29, 1.82) is 0 Å². The number of ether oxygens (including phenoxy) is 2. The number of nitrogens with one attached hydrogen (secondary N) is 1. The maximum atomic E-state index is 12.6. The standard InChI is InChI=1S/C15H20N2O5S/c1-9(13-8-12(20-4)6-7-14(13)21-5)17-23(18,19)15-10(2)16-22-11(15)3/h6-9,17H,1-5H3. The Balaban J connectivity index is 2.37. The van der Waals surface area contributed by atoms with Crippen molar-refractivity contribution >= 4 is 10.0 Å². The molecule has 0 aliphatic heterocycles. The average Bonchev–Trinajstić information content (AvgIpc) is 2.85. The summed E-state index contributed by atoms with van der Waals surface area (Å²) < 4.78 is 43.2. The van der Waals surface area contributed by atoms with Gasteiger partial charge in [-0.2, -0.15) is 0 Å². The summed E-state index contributed by atoms with van der Waals surface area (Å²) in [6, 6.07) is 4.69. The van der Waals surface area contributed by atoms with Gasteiger partial charge in [0.05, 0.1) is 14.2 Å².